The van der Waals surface area contributed by atoms with Crippen LogP contribution in [0.5, 0.6) is 0 Å². The predicted molar refractivity (Wildman–Crippen MR) is 88.4 cm³/mol. The van der Waals surface area contributed by atoms with Crippen molar-refractivity contribution in [2.75, 3.05) is 5.32 Å². The van der Waals surface area contributed by atoms with Gasteiger partial charge in [-0.05, 0) is 36.6 Å². The van der Waals surface area contributed by atoms with E-state index in [2.05, 4.69) is 24.1 Å². The fourth-order valence-corrected chi connectivity index (χ4v) is 2.56. The molecule has 0 radical (unpaired) electrons. The Morgan fingerprint density at radius 2 is 2.00 bits per heavy atom. The molecule has 22 heavy (non-hydrogen) atoms. The molecule has 0 aliphatic rings. The van der Waals surface area contributed by atoms with Crippen molar-refractivity contribution in [3.63, 3.8) is 0 Å². The molecule has 4 heteroatoms. The van der Waals surface area contributed by atoms with E-state index in [0.29, 0.717) is 11.5 Å². The molecule has 0 aliphatic heterocycles. The number of pyridine rings is 1. The minimum absolute atomic E-state index is 0.115. The Bertz CT molecular complexity index is 833. The fourth-order valence-electron chi connectivity index (χ4n) is 2.56. The summed E-state index contributed by atoms with van der Waals surface area (Å²) in [4.78, 5) is 16.9. The second-order valence-corrected chi connectivity index (χ2v) is 5.76. The van der Waals surface area contributed by atoms with Crippen LogP contribution in [0.1, 0.15) is 41.4 Å². The first-order valence-corrected chi connectivity index (χ1v) is 7.40. The lowest BCUT2D eigenvalue weighted by atomic mass is 10.0. The zero-order valence-corrected chi connectivity index (χ0v) is 13.0. The second kappa shape index (κ2) is 5.64. The van der Waals surface area contributed by atoms with Crippen molar-refractivity contribution >= 4 is 17.2 Å². The van der Waals surface area contributed by atoms with Gasteiger partial charge in [0.05, 0.1) is 5.69 Å². The van der Waals surface area contributed by atoms with Crippen molar-refractivity contribution < 1.29 is 4.79 Å². The summed E-state index contributed by atoms with van der Waals surface area (Å²) in [7, 11) is 0. The van der Waals surface area contributed by atoms with Crippen LogP contribution in [-0.4, -0.2) is 15.3 Å². The maximum Gasteiger partial charge on any atom is 0.255 e. The van der Waals surface area contributed by atoms with E-state index >= 15 is 0 Å². The average molecular weight is 293 g/mol. The predicted octanol–water partition coefficient (Wildman–Crippen LogP) is 4.02. The van der Waals surface area contributed by atoms with Gasteiger partial charge in [0.15, 0.2) is 0 Å². The molecule has 1 aromatic carbocycles. The van der Waals surface area contributed by atoms with Crippen molar-refractivity contribution in [3.05, 3.63) is 65.6 Å². The molecule has 3 aromatic rings. The Balaban J connectivity index is 1.90. The van der Waals surface area contributed by atoms with Gasteiger partial charge in [-0.3, -0.25) is 4.79 Å². The fraction of sp³-hybridized carbons (Fsp3) is 0.222. The smallest absolute Gasteiger partial charge is 0.255 e. The van der Waals surface area contributed by atoms with Crippen molar-refractivity contribution in [3.8, 4) is 0 Å². The molecule has 0 atom stereocenters. The molecule has 0 spiro atoms. The first-order valence-electron chi connectivity index (χ1n) is 7.40. The van der Waals surface area contributed by atoms with Crippen molar-refractivity contribution in [2.45, 2.75) is 26.7 Å². The van der Waals surface area contributed by atoms with Crippen LogP contribution in [0.15, 0.2) is 48.8 Å². The van der Waals surface area contributed by atoms with Crippen molar-refractivity contribution in [1.82, 2.24) is 9.38 Å². The SMILES string of the molecule is Cc1cn2ccc(C(=O)Nc3ccccc3C(C)C)cc2n1. The van der Waals surface area contributed by atoms with E-state index in [1.165, 1.54) is 0 Å². The van der Waals surface area contributed by atoms with Crippen LogP contribution in [0, 0.1) is 6.92 Å². The number of hydrogen-bond acceptors (Lipinski definition) is 2. The van der Waals surface area contributed by atoms with Crippen LogP contribution in [0.4, 0.5) is 5.69 Å². The molecule has 1 amide bonds. The van der Waals surface area contributed by atoms with E-state index < -0.39 is 0 Å². The molecule has 2 heterocycles. The number of nitrogens with zero attached hydrogens (tertiary/aromatic N) is 2. The van der Waals surface area contributed by atoms with Crippen LogP contribution in [0.3, 0.4) is 0 Å². The Labute approximate surface area is 129 Å². The largest absolute Gasteiger partial charge is 0.322 e. The number of hydrogen-bond donors (Lipinski definition) is 1. The van der Waals surface area contributed by atoms with Gasteiger partial charge in [-0.25, -0.2) is 4.98 Å². The van der Waals surface area contributed by atoms with Gasteiger partial charge in [-0.1, -0.05) is 32.0 Å². The molecule has 4 nitrogen and oxygen atoms in total. The van der Waals surface area contributed by atoms with Gasteiger partial charge >= 0.3 is 0 Å². The van der Waals surface area contributed by atoms with Crippen LogP contribution in [0.2, 0.25) is 0 Å². The summed E-state index contributed by atoms with van der Waals surface area (Å²) in [6.07, 6.45) is 3.80. The number of amides is 1. The quantitative estimate of drug-likeness (QED) is 0.793. The minimum atomic E-state index is -0.115. The van der Waals surface area contributed by atoms with Gasteiger partial charge in [0.1, 0.15) is 5.65 Å². The van der Waals surface area contributed by atoms with Gasteiger partial charge in [0.25, 0.3) is 5.91 Å². The van der Waals surface area contributed by atoms with Crippen LogP contribution in [0.25, 0.3) is 5.65 Å². The topological polar surface area (TPSA) is 46.4 Å². The number of aromatic nitrogens is 2. The van der Waals surface area contributed by atoms with Gasteiger partial charge < -0.3 is 9.72 Å². The molecule has 1 N–H and O–H groups in total. The summed E-state index contributed by atoms with van der Waals surface area (Å²) in [6.45, 7) is 6.17. The van der Waals surface area contributed by atoms with Crippen LogP contribution in [-0.2, 0) is 0 Å². The molecular formula is C18H19N3O. The maximum atomic E-state index is 12.5. The average Bonchev–Trinajstić information content (AvgIpc) is 2.86. The number of carbonyl (C=O) groups excluding carboxylic acids is 1. The standard InChI is InChI=1S/C18H19N3O/c1-12(2)15-6-4-5-7-16(15)20-18(22)14-8-9-21-11-13(3)19-17(21)10-14/h4-12H,1-3H3,(H,20,22). The summed E-state index contributed by atoms with van der Waals surface area (Å²) >= 11 is 0. The van der Waals surface area contributed by atoms with E-state index in [-0.39, 0.29) is 5.91 Å². The maximum absolute atomic E-state index is 12.5. The molecule has 0 saturated heterocycles. The number of aryl methyl sites for hydroxylation is 1. The highest BCUT2D eigenvalue weighted by molar-refractivity contribution is 6.05. The molecule has 2 aromatic heterocycles. The van der Waals surface area contributed by atoms with Gasteiger partial charge in [0.2, 0.25) is 0 Å². The summed E-state index contributed by atoms with van der Waals surface area (Å²) in [5.74, 6) is 0.241. The Morgan fingerprint density at radius 1 is 1.23 bits per heavy atom. The van der Waals surface area contributed by atoms with E-state index in [0.717, 1.165) is 22.6 Å². The summed E-state index contributed by atoms with van der Waals surface area (Å²) in [5.41, 5.74) is 4.32. The summed E-state index contributed by atoms with van der Waals surface area (Å²) in [5, 5.41) is 3.00. The molecule has 0 bridgehead atoms. The molecular weight excluding hydrogens is 274 g/mol. The molecule has 0 saturated carbocycles. The Kier molecular flexibility index (Phi) is 3.67. The highest BCUT2D eigenvalue weighted by atomic mass is 16.1. The second-order valence-electron chi connectivity index (χ2n) is 5.76. The number of rotatable bonds is 3. The van der Waals surface area contributed by atoms with Crippen molar-refractivity contribution in [1.29, 1.82) is 0 Å². The van der Waals surface area contributed by atoms with E-state index in [9.17, 15) is 4.79 Å². The number of nitrogens with one attached hydrogen (secondary N) is 1. The Hall–Kier alpha value is -2.62. The van der Waals surface area contributed by atoms with E-state index in [1.54, 1.807) is 12.1 Å². The molecule has 3 rings (SSSR count). The lowest BCUT2D eigenvalue weighted by Crippen LogP contribution is -2.14. The summed E-state index contributed by atoms with van der Waals surface area (Å²) < 4.78 is 1.91. The monoisotopic (exact) mass is 293 g/mol. The number of carbonyl (C=O) groups is 1. The van der Waals surface area contributed by atoms with Gasteiger partial charge in [-0.2, -0.15) is 0 Å². The number of anilines is 1. The third-order valence-electron chi connectivity index (χ3n) is 3.67. The zero-order chi connectivity index (χ0) is 15.7. The first kappa shape index (κ1) is 14.3. The molecule has 0 fully saturated rings. The third kappa shape index (κ3) is 2.72. The van der Waals surface area contributed by atoms with Gasteiger partial charge in [-0.15, -0.1) is 0 Å². The molecule has 112 valence electrons. The highest BCUT2D eigenvalue weighted by Gasteiger charge is 2.11. The van der Waals surface area contributed by atoms with Crippen LogP contribution >= 0.6 is 0 Å². The van der Waals surface area contributed by atoms with Gasteiger partial charge in [0, 0.05) is 23.6 Å². The van der Waals surface area contributed by atoms with E-state index in [1.807, 2.05) is 48.0 Å². The zero-order valence-electron chi connectivity index (χ0n) is 13.0. The molecule has 0 aliphatic carbocycles. The lowest BCUT2D eigenvalue weighted by molar-refractivity contribution is 0.102. The van der Waals surface area contributed by atoms with Crippen molar-refractivity contribution in [2.24, 2.45) is 0 Å². The normalized spacial score (nSPS) is 11.1. The Morgan fingerprint density at radius 3 is 2.77 bits per heavy atom. The van der Waals surface area contributed by atoms with E-state index in [4.69, 9.17) is 0 Å². The molecule has 0 unspecified atom stereocenters. The summed E-state index contributed by atoms with van der Waals surface area (Å²) in [6, 6.07) is 11.5. The highest BCUT2D eigenvalue weighted by Crippen LogP contribution is 2.24. The number of fused-ring (bicyclic) bond motifs is 1. The third-order valence-corrected chi connectivity index (χ3v) is 3.67. The number of imidazole rings is 1. The lowest BCUT2D eigenvalue weighted by Gasteiger charge is -2.13. The number of para-hydroxylation sites is 1. The van der Waals surface area contributed by atoms with Crippen LogP contribution < -0.4 is 5.32 Å². The number of benzene rings is 1. The minimum Gasteiger partial charge on any atom is -0.322 e. The first-order chi connectivity index (χ1) is 10.5.